The fraction of sp³-hybridized carbons (Fsp3) is 0.600. The average Bonchev–Trinajstić information content (AvgIpc) is 2.94. The number of ether oxygens (including phenoxy) is 1. The van der Waals surface area contributed by atoms with Gasteiger partial charge in [0.25, 0.3) is 0 Å². The Kier molecular flexibility index (Phi) is 3.80. The summed E-state index contributed by atoms with van der Waals surface area (Å²) in [7, 11) is 2.08. The summed E-state index contributed by atoms with van der Waals surface area (Å²) in [5.74, 6) is 4.49. The van der Waals surface area contributed by atoms with Gasteiger partial charge in [-0.3, -0.25) is 0 Å². The van der Waals surface area contributed by atoms with Crippen molar-refractivity contribution in [2.24, 2.45) is 5.92 Å². The first-order chi connectivity index (χ1) is 8.90. The second-order valence-electron chi connectivity index (χ2n) is 5.18. The van der Waals surface area contributed by atoms with E-state index in [1.165, 1.54) is 41.2 Å². The highest BCUT2D eigenvalue weighted by molar-refractivity contribution is 7.99. The highest BCUT2D eigenvalue weighted by Crippen LogP contribution is 2.40. The standard InChI is InChI=1S/C15H21NOS/c1-16-14(12-7-9-18-10-12)13-6-2-4-11-5-3-8-17-15(11)13/h2,4,6,12,14,16H,3,5,7-10H2,1H3. The van der Waals surface area contributed by atoms with Crippen molar-refractivity contribution in [2.45, 2.75) is 25.3 Å². The fourth-order valence-electron chi connectivity index (χ4n) is 3.12. The van der Waals surface area contributed by atoms with Gasteiger partial charge in [-0.05, 0) is 49.3 Å². The average molecular weight is 263 g/mol. The molecule has 0 aromatic heterocycles. The SMILES string of the molecule is CNC(c1cccc2c1OCCC2)C1CCSC1. The van der Waals surface area contributed by atoms with Crippen molar-refractivity contribution < 1.29 is 4.74 Å². The van der Waals surface area contributed by atoms with Crippen LogP contribution < -0.4 is 10.1 Å². The van der Waals surface area contributed by atoms with Gasteiger partial charge in [-0.1, -0.05) is 18.2 Å². The van der Waals surface area contributed by atoms with E-state index in [4.69, 9.17) is 4.74 Å². The Hall–Kier alpha value is -0.670. The highest BCUT2D eigenvalue weighted by atomic mass is 32.2. The summed E-state index contributed by atoms with van der Waals surface area (Å²) in [5, 5.41) is 3.52. The largest absolute Gasteiger partial charge is 0.493 e. The van der Waals surface area contributed by atoms with Crippen LogP contribution >= 0.6 is 11.8 Å². The van der Waals surface area contributed by atoms with Crippen molar-refractivity contribution in [2.75, 3.05) is 25.2 Å². The molecule has 1 saturated heterocycles. The van der Waals surface area contributed by atoms with Crippen molar-refractivity contribution in [1.82, 2.24) is 5.32 Å². The number of nitrogens with one attached hydrogen (secondary N) is 1. The first kappa shape index (κ1) is 12.4. The van der Waals surface area contributed by atoms with Crippen molar-refractivity contribution in [1.29, 1.82) is 0 Å². The summed E-state index contributed by atoms with van der Waals surface area (Å²) in [6.07, 6.45) is 3.64. The zero-order valence-corrected chi connectivity index (χ0v) is 11.8. The molecule has 98 valence electrons. The normalized spacial score (nSPS) is 24.4. The lowest BCUT2D eigenvalue weighted by atomic mass is 9.89. The molecule has 1 aromatic rings. The third-order valence-electron chi connectivity index (χ3n) is 4.05. The van der Waals surface area contributed by atoms with Crippen LogP contribution in [0, 0.1) is 5.92 Å². The van der Waals surface area contributed by atoms with Crippen LogP contribution in [0.1, 0.15) is 30.0 Å². The number of benzene rings is 1. The van der Waals surface area contributed by atoms with Gasteiger partial charge in [-0.25, -0.2) is 0 Å². The summed E-state index contributed by atoms with van der Waals surface area (Å²) in [6, 6.07) is 7.10. The van der Waals surface area contributed by atoms with E-state index < -0.39 is 0 Å². The topological polar surface area (TPSA) is 21.3 Å². The molecule has 1 N–H and O–H groups in total. The molecule has 0 aliphatic carbocycles. The van der Waals surface area contributed by atoms with E-state index in [-0.39, 0.29) is 0 Å². The minimum atomic E-state index is 0.452. The molecule has 18 heavy (non-hydrogen) atoms. The minimum Gasteiger partial charge on any atom is -0.493 e. The molecule has 1 fully saturated rings. The van der Waals surface area contributed by atoms with E-state index in [1.54, 1.807) is 0 Å². The molecule has 0 radical (unpaired) electrons. The first-order valence-electron chi connectivity index (χ1n) is 6.89. The van der Waals surface area contributed by atoms with Crippen LogP contribution in [-0.2, 0) is 6.42 Å². The lowest BCUT2D eigenvalue weighted by molar-refractivity contribution is 0.277. The molecule has 0 saturated carbocycles. The minimum absolute atomic E-state index is 0.452. The molecule has 2 atom stereocenters. The van der Waals surface area contributed by atoms with Crippen molar-refractivity contribution in [3.63, 3.8) is 0 Å². The maximum atomic E-state index is 5.95. The second-order valence-corrected chi connectivity index (χ2v) is 6.33. The van der Waals surface area contributed by atoms with Crippen LogP contribution in [0.5, 0.6) is 5.75 Å². The zero-order valence-electron chi connectivity index (χ0n) is 10.9. The second kappa shape index (κ2) is 5.54. The summed E-state index contributed by atoms with van der Waals surface area (Å²) in [6.45, 7) is 0.875. The van der Waals surface area contributed by atoms with E-state index in [2.05, 4.69) is 42.3 Å². The number of hydrogen-bond donors (Lipinski definition) is 1. The Morgan fingerprint density at radius 2 is 2.39 bits per heavy atom. The molecule has 2 aliphatic rings. The summed E-state index contributed by atoms with van der Waals surface area (Å²) >= 11 is 2.08. The molecule has 3 rings (SSSR count). The zero-order chi connectivity index (χ0) is 12.4. The maximum absolute atomic E-state index is 5.95. The summed E-state index contributed by atoms with van der Waals surface area (Å²) in [4.78, 5) is 0. The van der Waals surface area contributed by atoms with Gasteiger partial charge in [0.1, 0.15) is 5.75 Å². The lowest BCUT2D eigenvalue weighted by Gasteiger charge is -2.28. The Morgan fingerprint density at radius 3 is 3.17 bits per heavy atom. The van der Waals surface area contributed by atoms with Gasteiger partial charge in [0.15, 0.2) is 0 Å². The number of rotatable bonds is 3. The number of thioether (sulfide) groups is 1. The summed E-state index contributed by atoms with van der Waals surface area (Å²) in [5.41, 5.74) is 2.77. The number of hydrogen-bond acceptors (Lipinski definition) is 3. The van der Waals surface area contributed by atoms with Crippen LogP contribution in [0.25, 0.3) is 0 Å². The Balaban J connectivity index is 1.93. The smallest absolute Gasteiger partial charge is 0.127 e. The molecule has 3 heteroatoms. The predicted octanol–water partition coefficient (Wildman–Crippen LogP) is 3.03. The molecular formula is C15H21NOS. The Labute approximate surface area is 113 Å². The van der Waals surface area contributed by atoms with Gasteiger partial charge in [0.05, 0.1) is 6.61 Å². The monoisotopic (exact) mass is 263 g/mol. The van der Waals surface area contributed by atoms with E-state index >= 15 is 0 Å². The number of para-hydroxylation sites is 1. The molecule has 2 nitrogen and oxygen atoms in total. The third-order valence-corrected chi connectivity index (χ3v) is 5.23. The quantitative estimate of drug-likeness (QED) is 0.906. The molecular weight excluding hydrogens is 242 g/mol. The number of aryl methyl sites for hydroxylation is 1. The Bertz CT molecular complexity index is 415. The highest BCUT2D eigenvalue weighted by Gasteiger charge is 2.29. The third kappa shape index (κ3) is 2.26. The molecule has 1 aromatic carbocycles. The van der Waals surface area contributed by atoms with Crippen LogP contribution in [0.4, 0.5) is 0 Å². The molecule has 2 aliphatic heterocycles. The fourth-order valence-corrected chi connectivity index (χ4v) is 4.42. The molecule has 2 heterocycles. The maximum Gasteiger partial charge on any atom is 0.127 e. The molecule has 0 bridgehead atoms. The van der Waals surface area contributed by atoms with Crippen LogP contribution in [0.15, 0.2) is 18.2 Å². The predicted molar refractivity (Wildman–Crippen MR) is 77.5 cm³/mol. The van der Waals surface area contributed by atoms with Gasteiger partial charge >= 0.3 is 0 Å². The van der Waals surface area contributed by atoms with E-state index in [9.17, 15) is 0 Å². The van der Waals surface area contributed by atoms with Crippen LogP contribution in [-0.4, -0.2) is 25.2 Å². The van der Waals surface area contributed by atoms with Gasteiger partial charge in [-0.2, -0.15) is 11.8 Å². The van der Waals surface area contributed by atoms with Gasteiger partial charge in [0, 0.05) is 11.6 Å². The molecule has 0 spiro atoms. The van der Waals surface area contributed by atoms with Crippen LogP contribution in [0.2, 0.25) is 0 Å². The van der Waals surface area contributed by atoms with Gasteiger partial charge < -0.3 is 10.1 Å². The van der Waals surface area contributed by atoms with Gasteiger partial charge in [0.2, 0.25) is 0 Å². The van der Waals surface area contributed by atoms with Crippen molar-refractivity contribution in [3.8, 4) is 5.75 Å². The van der Waals surface area contributed by atoms with Crippen molar-refractivity contribution in [3.05, 3.63) is 29.3 Å². The van der Waals surface area contributed by atoms with Crippen LogP contribution in [0.3, 0.4) is 0 Å². The first-order valence-corrected chi connectivity index (χ1v) is 8.05. The molecule has 2 unspecified atom stereocenters. The lowest BCUT2D eigenvalue weighted by Crippen LogP contribution is -2.26. The van der Waals surface area contributed by atoms with E-state index in [0.717, 1.165) is 18.9 Å². The van der Waals surface area contributed by atoms with Crippen molar-refractivity contribution >= 4 is 11.8 Å². The van der Waals surface area contributed by atoms with E-state index in [0.29, 0.717) is 6.04 Å². The number of fused-ring (bicyclic) bond motifs is 1. The van der Waals surface area contributed by atoms with Gasteiger partial charge in [-0.15, -0.1) is 0 Å². The van der Waals surface area contributed by atoms with E-state index in [1.807, 2.05) is 0 Å². The Morgan fingerprint density at radius 1 is 1.44 bits per heavy atom. The summed E-state index contributed by atoms with van der Waals surface area (Å²) < 4.78 is 5.95. The molecule has 0 amide bonds.